The van der Waals surface area contributed by atoms with E-state index in [1.165, 1.54) is 13.3 Å². The first kappa shape index (κ1) is 27.6. The molecule has 3 heterocycles. The van der Waals surface area contributed by atoms with Gasteiger partial charge >= 0.3 is 0 Å². The van der Waals surface area contributed by atoms with E-state index in [0.29, 0.717) is 52.5 Å². The van der Waals surface area contributed by atoms with Crippen molar-refractivity contribution in [1.29, 1.82) is 0 Å². The number of aromatic amines is 1. The van der Waals surface area contributed by atoms with Crippen LogP contribution in [0.5, 0.6) is 11.5 Å². The Morgan fingerprint density at radius 2 is 1.90 bits per heavy atom. The van der Waals surface area contributed by atoms with Gasteiger partial charge in [-0.2, -0.15) is 0 Å². The average Bonchev–Trinajstić information content (AvgIpc) is 3.39. The lowest BCUT2D eigenvalue weighted by atomic mass is 9.99. The predicted octanol–water partition coefficient (Wildman–Crippen LogP) is 4.48. The third-order valence-electron chi connectivity index (χ3n) is 6.84. The fourth-order valence-corrected chi connectivity index (χ4v) is 4.93. The molecule has 1 fully saturated rings. The smallest absolute Gasteiger partial charge is 0.248 e. The number of anilines is 1. The van der Waals surface area contributed by atoms with E-state index in [0.717, 1.165) is 6.42 Å². The zero-order chi connectivity index (χ0) is 28.2. The molecule has 4 N–H and O–H groups in total. The highest BCUT2D eigenvalue weighted by atomic mass is 35.5. The van der Waals surface area contributed by atoms with Crippen molar-refractivity contribution in [2.45, 2.75) is 51.0 Å². The highest BCUT2D eigenvalue weighted by Gasteiger charge is 2.29. The highest BCUT2D eigenvalue weighted by molar-refractivity contribution is 6.35. The number of aliphatic hydroxyl groups excluding tert-OH is 1. The van der Waals surface area contributed by atoms with E-state index in [4.69, 9.17) is 21.1 Å². The van der Waals surface area contributed by atoms with Crippen LogP contribution < -0.4 is 15.4 Å². The lowest BCUT2D eigenvalue weighted by molar-refractivity contribution is -0.130. The number of ketones is 1. The number of nitrogens with zero attached hydrogens (tertiary/aromatic N) is 2. The molecule has 10 nitrogen and oxygen atoms in total. The number of ether oxygens (including phenoxy) is 2. The number of nitrogens with one attached hydrogen (secondary N) is 3. The number of fused-ring (bicyclic) bond motifs is 1. The lowest BCUT2D eigenvalue weighted by Gasteiger charge is -2.33. The molecule has 0 aliphatic carbocycles. The maximum atomic E-state index is 13.6. The lowest BCUT2D eigenvalue weighted by Crippen LogP contribution is -2.49. The highest BCUT2D eigenvalue weighted by Crippen LogP contribution is 2.32. The minimum atomic E-state index is -1.07. The number of hydrogen-bond acceptors (Lipinski definition) is 8. The van der Waals surface area contributed by atoms with E-state index in [9.17, 15) is 14.7 Å². The van der Waals surface area contributed by atoms with Gasteiger partial charge < -0.3 is 30.2 Å². The zero-order valence-corrected chi connectivity index (χ0v) is 22.8. The van der Waals surface area contributed by atoms with E-state index in [1.807, 2.05) is 37.3 Å². The van der Waals surface area contributed by atoms with E-state index in [-0.39, 0.29) is 29.0 Å². The van der Waals surface area contributed by atoms with E-state index in [2.05, 4.69) is 25.6 Å². The number of aliphatic hydroxyl groups is 1. The van der Waals surface area contributed by atoms with E-state index in [1.54, 1.807) is 24.4 Å². The SMILES string of the molecule is CC(O)C(=O)NC(C)[C@@H]1CC[C@@H](Nc2ncnc3[nH]cc(C(=O)c4ccc(Oc5ccccc5)cc4Cl)c23)CO1. The molecule has 40 heavy (non-hydrogen) atoms. The second-order valence-electron chi connectivity index (χ2n) is 9.80. The Balaban J connectivity index is 1.30. The number of carbonyl (C=O) groups is 2. The number of rotatable bonds is 9. The molecule has 1 amide bonds. The molecular weight excluding hydrogens is 534 g/mol. The van der Waals surface area contributed by atoms with Gasteiger partial charge in [0.1, 0.15) is 35.4 Å². The van der Waals surface area contributed by atoms with Crippen LogP contribution in [-0.4, -0.2) is 62.6 Å². The number of amides is 1. The van der Waals surface area contributed by atoms with Crippen LogP contribution in [-0.2, 0) is 9.53 Å². The minimum absolute atomic E-state index is 0.0649. The van der Waals surface area contributed by atoms with Crippen molar-refractivity contribution in [2.75, 3.05) is 11.9 Å². The van der Waals surface area contributed by atoms with Crippen LogP contribution in [0.4, 0.5) is 5.82 Å². The minimum Gasteiger partial charge on any atom is -0.457 e. The summed E-state index contributed by atoms with van der Waals surface area (Å²) in [5.74, 6) is 0.995. The van der Waals surface area contributed by atoms with Gasteiger partial charge in [-0.1, -0.05) is 29.8 Å². The van der Waals surface area contributed by atoms with Gasteiger partial charge in [-0.25, -0.2) is 9.97 Å². The van der Waals surface area contributed by atoms with Gasteiger partial charge in [0.2, 0.25) is 5.91 Å². The molecule has 0 radical (unpaired) electrons. The molecule has 4 aromatic rings. The Morgan fingerprint density at radius 3 is 2.60 bits per heavy atom. The van der Waals surface area contributed by atoms with Crippen LogP contribution in [0.3, 0.4) is 0 Å². The molecule has 0 bridgehead atoms. The van der Waals surface area contributed by atoms with Crippen LogP contribution in [0, 0.1) is 0 Å². The summed E-state index contributed by atoms with van der Waals surface area (Å²) in [4.78, 5) is 37.2. The van der Waals surface area contributed by atoms with Gasteiger partial charge in [-0.15, -0.1) is 0 Å². The van der Waals surface area contributed by atoms with Crippen molar-refractivity contribution < 1.29 is 24.2 Å². The van der Waals surface area contributed by atoms with Gasteiger partial charge in [-0.05, 0) is 51.0 Å². The molecule has 1 aliphatic heterocycles. The molecule has 208 valence electrons. The first-order chi connectivity index (χ1) is 19.3. The number of aromatic nitrogens is 3. The second kappa shape index (κ2) is 12.0. The summed E-state index contributed by atoms with van der Waals surface area (Å²) in [6.07, 6.45) is 3.24. The fourth-order valence-electron chi connectivity index (χ4n) is 4.68. The summed E-state index contributed by atoms with van der Waals surface area (Å²) in [6, 6.07) is 14.0. The maximum Gasteiger partial charge on any atom is 0.248 e. The molecule has 0 saturated carbocycles. The molecule has 2 unspecified atom stereocenters. The Bertz CT molecular complexity index is 1500. The molecule has 2 aromatic carbocycles. The normalized spacial score (nSPS) is 18.6. The van der Waals surface area contributed by atoms with Crippen molar-refractivity contribution in [1.82, 2.24) is 20.3 Å². The molecule has 1 aliphatic rings. The number of para-hydroxylation sites is 1. The van der Waals surface area contributed by atoms with Crippen molar-refractivity contribution in [2.24, 2.45) is 0 Å². The molecule has 0 spiro atoms. The largest absolute Gasteiger partial charge is 0.457 e. The molecule has 11 heteroatoms. The fraction of sp³-hybridized carbons (Fsp3) is 0.310. The molecule has 4 atom stereocenters. The monoisotopic (exact) mass is 563 g/mol. The number of benzene rings is 2. The molecule has 1 saturated heterocycles. The van der Waals surface area contributed by atoms with Gasteiger partial charge in [-0.3, -0.25) is 9.59 Å². The number of carbonyl (C=O) groups excluding carboxylic acids is 2. The van der Waals surface area contributed by atoms with Crippen molar-refractivity contribution >= 4 is 40.1 Å². The van der Waals surface area contributed by atoms with Gasteiger partial charge in [0.15, 0.2) is 5.78 Å². The third-order valence-corrected chi connectivity index (χ3v) is 7.15. The number of H-pyrrole nitrogens is 1. The van der Waals surface area contributed by atoms with Gasteiger partial charge in [0.05, 0.1) is 40.8 Å². The van der Waals surface area contributed by atoms with Crippen molar-refractivity contribution in [3.63, 3.8) is 0 Å². The third kappa shape index (κ3) is 6.09. The second-order valence-corrected chi connectivity index (χ2v) is 10.2. The topological polar surface area (TPSA) is 138 Å². The zero-order valence-electron chi connectivity index (χ0n) is 22.1. The summed E-state index contributed by atoms with van der Waals surface area (Å²) in [7, 11) is 0. The quantitative estimate of drug-likeness (QED) is 0.219. The van der Waals surface area contributed by atoms with Crippen LogP contribution in [0.2, 0.25) is 5.02 Å². The van der Waals surface area contributed by atoms with Crippen LogP contribution in [0.25, 0.3) is 11.0 Å². The van der Waals surface area contributed by atoms with Crippen LogP contribution >= 0.6 is 11.6 Å². The van der Waals surface area contributed by atoms with Gasteiger partial charge in [0.25, 0.3) is 0 Å². The summed E-state index contributed by atoms with van der Waals surface area (Å²) in [5, 5.41) is 16.4. The first-order valence-corrected chi connectivity index (χ1v) is 13.4. The first-order valence-electron chi connectivity index (χ1n) is 13.1. The van der Waals surface area contributed by atoms with Gasteiger partial charge in [0, 0.05) is 17.8 Å². The van der Waals surface area contributed by atoms with Crippen LogP contribution in [0.1, 0.15) is 42.6 Å². The van der Waals surface area contributed by atoms with E-state index < -0.39 is 12.0 Å². The summed E-state index contributed by atoms with van der Waals surface area (Å²) < 4.78 is 11.8. The van der Waals surface area contributed by atoms with Crippen LogP contribution in [0.15, 0.2) is 61.1 Å². The molecular formula is C29H30ClN5O5. The van der Waals surface area contributed by atoms with E-state index >= 15 is 0 Å². The summed E-state index contributed by atoms with van der Waals surface area (Å²) in [6.45, 7) is 3.67. The Kier molecular flexibility index (Phi) is 8.29. The number of hydrogen-bond donors (Lipinski definition) is 4. The average molecular weight is 564 g/mol. The molecule has 2 aromatic heterocycles. The standard InChI is InChI=1S/C29H30ClN5O5/c1-16(34-29(38)17(2)36)24-11-8-18(14-39-24)35-28-25-22(13-31-27(25)32-15-33-28)26(37)21-10-9-20(12-23(21)30)40-19-6-4-3-5-7-19/h3-7,9-10,12-13,15-18,24,36H,8,11,14H2,1-2H3,(H,34,38)(H2,31,32,33,35)/t16?,17?,18-,24+/m1/s1. The predicted molar refractivity (Wildman–Crippen MR) is 151 cm³/mol. The molecule has 5 rings (SSSR count). The Hall–Kier alpha value is -3.99. The Labute approximate surface area is 236 Å². The maximum absolute atomic E-state index is 13.6. The summed E-state index contributed by atoms with van der Waals surface area (Å²) in [5.41, 5.74) is 1.24. The van der Waals surface area contributed by atoms with Crippen molar-refractivity contribution in [3.05, 3.63) is 77.2 Å². The summed E-state index contributed by atoms with van der Waals surface area (Å²) >= 11 is 6.53. The van der Waals surface area contributed by atoms with Crippen molar-refractivity contribution in [3.8, 4) is 11.5 Å². The number of halogens is 1. The Morgan fingerprint density at radius 1 is 1.10 bits per heavy atom.